The summed E-state index contributed by atoms with van der Waals surface area (Å²) in [6.07, 6.45) is 9.26. The predicted molar refractivity (Wildman–Crippen MR) is 123 cm³/mol. The maximum Gasteiger partial charge on any atom is 0.261 e. The molecule has 4 heteroatoms. The van der Waals surface area contributed by atoms with Crippen LogP contribution in [0.4, 0.5) is 0 Å². The molecule has 0 amide bonds. The first-order valence-electron chi connectivity index (χ1n) is 10.6. The molecule has 150 valence electrons. The van der Waals surface area contributed by atoms with Crippen molar-refractivity contribution in [3.05, 3.63) is 82.4 Å². The molecule has 0 aliphatic heterocycles. The number of phenolic OH excluding ortho intramolecular Hbond substituents is 1. The van der Waals surface area contributed by atoms with Gasteiger partial charge in [-0.1, -0.05) is 61.7 Å². The predicted octanol–water partition coefficient (Wildman–Crippen LogP) is 5.93. The minimum atomic E-state index is 0.0225. The molecule has 3 aromatic carbocycles. The lowest BCUT2D eigenvalue weighted by atomic mass is 9.95. The number of benzene rings is 3. The number of aromatic nitrogens is 2. The van der Waals surface area contributed by atoms with Gasteiger partial charge in [0.25, 0.3) is 5.56 Å². The zero-order valence-corrected chi connectivity index (χ0v) is 16.8. The number of nitrogens with zero attached hydrogens (tertiary/aromatic N) is 2. The molecule has 0 spiro atoms. The van der Waals surface area contributed by atoms with E-state index in [1.807, 2.05) is 71.3 Å². The van der Waals surface area contributed by atoms with E-state index >= 15 is 0 Å². The molecule has 0 radical (unpaired) electrons. The maximum atomic E-state index is 13.4. The van der Waals surface area contributed by atoms with Crippen LogP contribution in [0.3, 0.4) is 0 Å². The van der Waals surface area contributed by atoms with Gasteiger partial charge in [-0.2, -0.15) is 0 Å². The van der Waals surface area contributed by atoms with Gasteiger partial charge < -0.3 is 5.11 Å². The minimum absolute atomic E-state index is 0.0225. The summed E-state index contributed by atoms with van der Waals surface area (Å²) >= 11 is 0. The van der Waals surface area contributed by atoms with Crippen LogP contribution in [0.2, 0.25) is 0 Å². The summed E-state index contributed by atoms with van der Waals surface area (Å²) in [6.45, 7) is 0. The highest BCUT2D eigenvalue weighted by Crippen LogP contribution is 2.31. The van der Waals surface area contributed by atoms with E-state index in [1.54, 1.807) is 6.07 Å². The largest absolute Gasteiger partial charge is 0.507 e. The fourth-order valence-corrected chi connectivity index (χ4v) is 4.59. The van der Waals surface area contributed by atoms with Gasteiger partial charge in [-0.25, -0.2) is 4.98 Å². The Morgan fingerprint density at radius 1 is 0.867 bits per heavy atom. The van der Waals surface area contributed by atoms with Crippen LogP contribution in [0, 0.1) is 0 Å². The van der Waals surface area contributed by atoms with Crippen LogP contribution in [-0.2, 0) is 0 Å². The second-order valence-corrected chi connectivity index (χ2v) is 8.01. The molecule has 5 rings (SSSR count). The highest BCUT2D eigenvalue weighted by Gasteiger charge is 2.20. The van der Waals surface area contributed by atoms with E-state index in [0.29, 0.717) is 16.7 Å². The van der Waals surface area contributed by atoms with Crippen molar-refractivity contribution < 1.29 is 5.11 Å². The average Bonchev–Trinajstić information content (AvgIpc) is 2.79. The molecular formula is C26H24N2O2. The van der Waals surface area contributed by atoms with Crippen LogP contribution in [0.1, 0.15) is 49.5 Å². The second kappa shape index (κ2) is 7.79. The molecule has 0 atom stereocenters. The Bertz CT molecular complexity index is 1310. The molecule has 1 aromatic heterocycles. The molecule has 4 aromatic rings. The molecule has 1 saturated carbocycles. The van der Waals surface area contributed by atoms with Gasteiger partial charge in [0, 0.05) is 11.6 Å². The highest BCUT2D eigenvalue weighted by molar-refractivity contribution is 5.95. The van der Waals surface area contributed by atoms with Crippen molar-refractivity contribution >= 4 is 33.8 Å². The highest BCUT2D eigenvalue weighted by atomic mass is 16.3. The Morgan fingerprint density at radius 3 is 2.43 bits per heavy atom. The van der Waals surface area contributed by atoms with Crippen LogP contribution in [0.25, 0.3) is 33.8 Å². The van der Waals surface area contributed by atoms with Gasteiger partial charge >= 0.3 is 0 Å². The van der Waals surface area contributed by atoms with Gasteiger partial charge in [0.2, 0.25) is 0 Å². The topological polar surface area (TPSA) is 55.1 Å². The van der Waals surface area contributed by atoms with Gasteiger partial charge in [-0.15, -0.1) is 0 Å². The normalized spacial score (nSPS) is 15.3. The van der Waals surface area contributed by atoms with Crippen molar-refractivity contribution in [2.45, 2.75) is 38.1 Å². The zero-order valence-electron chi connectivity index (χ0n) is 16.8. The fourth-order valence-electron chi connectivity index (χ4n) is 4.59. The molecule has 1 aliphatic carbocycles. The smallest absolute Gasteiger partial charge is 0.261 e. The van der Waals surface area contributed by atoms with E-state index in [1.165, 1.54) is 6.42 Å². The van der Waals surface area contributed by atoms with Crippen molar-refractivity contribution in [2.24, 2.45) is 0 Å². The molecule has 1 N–H and O–H groups in total. The Kier molecular flexibility index (Phi) is 4.83. The molecule has 4 nitrogen and oxygen atoms in total. The maximum absolute atomic E-state index is 13.4. The number of aromatic hydroxyl groups is 1. The van der Waals surface area contributed by atoms with Crippen molar-refractivity contribution in [1.82, 2.24) is 9.55 Å². The summed E-state index contributed by atoms with van der Waals surface area (Å²) in [5.41, 5.74) is 1.47. The summed E-state index contributed by atoms with van der Waals surface area (Å²) in [5.74, 6) is 0.871. The standard InChI is InChI=1S/C26H24N2O2/c29-24-16-14-18-8-4-5-11-20(18)21(24)15-17-25-27-23-13-7-6-12-22(23)26(30)28(25)19-9-2-1-3-10-19/h4-8,11-17,19,29H,1-3,9-10H2. The molecule has 1 aliphatic rings. The van der Waals surface area contributed by atoms with E-state index < -0.39 is 0 Å². The number of rotatable bonds is 3. The van der Waals surface area contributed by atoms with E-state index in [9.17, 15) is 9.90 Å². The summed E-state index contributed by atoms with van der Waals surface area (Å²) in [4.78, 5) is 18.2. The van der Waals surface area contributed by atoms with Gasteiger partial charge in [0.15, 0.2) is 0 Å². The second-order valence-electron chi connectivity index (χ2n) is 8.01. The summed E-state index contributed by atoms with van der Waals surface area (Å²) < 4.78 is 1.88. The first kappa shape index (κ1) is 18.6. The number of phenols is 1. The third-order valence-corrected chi connectivity index (χ3v) is 6.12. The Balaban J connectivity index is 1.69. The summed E-state index contributed by atoms with van der Waals surface area (Å²) in [6, 6.07) is 19.3. The minimum Gasteiger partial charge on any atom is -0.507 e. The van der Waals surface area contributed by atoms with Crippen molar-refractivity contribution in [2.75, 3.05) is 0 Å². The Labute approximate surface area is 175 Å². The van der Waals surface area contributed by atoms with Crippen LogP contribution in [0.15, 0.2) is 65.5 Å². The van der Waals surface area contributed by atoms with Gasteiger partial charge in [0.05, 0.1) is 10.9 Å². The van der Waals surface area contributed by atoms with Crippen LogP contribution >= 0.6 is 0 Å². The van der Waals surface area contributed by atoms with Crippen LogP contribution in [-0.4, -0.2) is 14.7 Å². The Hall–Kier alpha value is -3.40. The lowest BCUT2D eigenvalue weighted by Gasteiger charge is -2.25. The van der Waals surface area contributed by atoms with Crippen molar-refractivity contribution in [1.29, 1.82) is 0 Å². The van der Waals surface area contributed by atoms with Crippen molar-refractivity contribution in [3.63, 3.8) is 0 Å². The number of para-hydroxylation sites is 1. The molecule has 1 fully saturated rings. The van der Waals surface area contributed by atoms with Gasteiger partial charge in [-0.05, 0) is 54.0 Å². The fraction of sp³-hybridized carbons (Fsp3) is 0.231. The van der Waals surface area contributed by atoms with E-state index in [2.05, 4.69) is 0 Å². The SMILES string of the molecule is O=c1c2ccccc2nc(C=Cc2c(O)ccc3ccccc23)n1C1CCCCC1. The molecule has 1 heterocycles. The number of fused-ring (bicyclic) bond motifs is 2. The lowest BCUT2D eigenvalue weighted by molar-refractivity contribution is 0.343. The lowest BCUT2D eigenvalue weighted by Crippen LogP contribution is -2.29. The molecular weight excluding hydrogens is 372 g/mol. The number of hydrogen-bond acceptors (Lipinski definition) is 3. The van der Waals surface area contributed by atoms with Gasteiger partial charge in [-0.3, -0.25) is 9.36 Å². The average molecular weight is 396 g/mol. The molecule has 0 saturated heterocycles. The van der Waals surface area contributed by atoms with Gasteiger partial charge in [0.1, 0.15) is 11.6 Å². The van der Waals surface area contributed by atoms with E-state index in [-0.39, 0.29) is 17.4 Å². The van der Waals surface area contributed by atoms with Crippen molar-refractivity contribution in [3.8, 4) is 5.75 Å². The monoisotopic (exact) mass is 396 g/mol. The number of hydrogen-bond donors (Lipinski definition) is 1. The zero-order chi connectivity index (χ0) is 20.5. The summed E-state index contributed by atoms with van der Waals surface area (Å²) in [7, 11) is 0. The van der Waals surface area contributed by atoms with E-state index in [0.717, 1.165) is 42.0 Å². The summed E-state index contributed by atoms with van der Waals surface area (Å²) in [5, 5.41) is 13.2. The van der Waals surface area contributed by atoms with Crippen LogP contribution < -0.4 is 5.56 Å². The molecule has 30 heavy (non-hydrogen) atoms. The first-order valence-corrected chi connectivity index (χ1v) is 10.6. The third-order valence-electron chi connectivity index (χ3n) is 6.12. The third kappa shape index (κ3) is 3.28. The van der Waals surface area contributed by atoms with Crippen LogP contribution in [0.5, 0.6) is 5.75 Å². The quantitative estimate of drug-likeness (QED) is 0.467. The van der Waals surface area contributed by atoms with E-state index in [4.69, 9.17) is 4.98 Å². The molecule has 0 bridgehead atoms. The Morgan fingerprint density at radius 2 is 1.60 bits per heavy atom. The first-order chi connectivity index (χ1) is 14.7. The molecule has 0 unspecified atom stereocenters.